The van der Waals surface area contributed by atoms with Gasteiger partial charge in [-0.25, -0.2) is 0 Å². The summed E-state index contributed by atoms with van der Waals surface area (Å²) < 4.78 is 0. The van der Waals surface area contributed by atoms with E-state index in [4.69, 9.17) is 0 Å². The number of aliphatic carboxylic acids is 1. The summed E-state index contributed by atoms with van der Waals surface area (Å²) in [4.78, 5) is 25.5. The minimum Gasteiger partial charge on any atom is -0.481 e. The van der Waals surface area contributed by atoms with Gasteiger partial charge in [0.15, 0.2) is 5.78 Å². The molecular weight excluding hydrogens is 284 g/mol. The van der Waals surface area contributed by atoms with Crippen LogP contribution >= 0.6 is 11.8 Å². The minimum absolute atomic E-state index is 0.0672. The molecule has 0 saturated heterocycles. The van der Waals surface area contributed by atoms with Crippen LogP contribution < -0.4 is 0 Å². The molecule has 0 bridgehead atoms. The van der Waals surface area contributed by atoms with Gasteiger partial charge in [-0.05, 0) is 43.6 Å². The first-order valence-electron chi connectivity index (χ1n) is 7.15. The van der Waals surface area contributed by atoms with Crippen LogP contribution in [0.5, 0.6) is 0 Å². The molecule has 0 unspecified atom stereocenters. The Labute approximate surface area is 130 Å². The summed E-state index contributed by atoms with van der Waals surface area (Å²) in [5.41, 5.74) is -0.707. The second-order valence-corrected chi connectivity index (χ2v) is 7.42. The van der Waals surface area contributed by atoms with E-state index in [0.29, 0.717) is 18.4 Å². The molecule has 1 aromatic carbocycles. The molecule has 1 saturated carbocycles. The molecule has 0 amide bonds. The molecule has 0 spiro atoms. The molecule has 3 nitrogen and oxygen atoms in total. The van der Waals surface area contributed by atoms with Gasteiger partial charge in [0.2, 0.25) is 0 Å². The number of Topliss-reactive ketones (excluding diaryl/α,β-unsaturated/α-hetero) is 1. The third-order valence-electron chi connectivity index (χ3n) is 5.39. The van der Waals surface area contributed by atoms with Crippen molar-refractivity contribution in [3.05, 3.63) is 29.8 Å². The number of carboxylic acids is 1. The first-order chi connectivity index (χ1) is 9.74. The number of benzene rings is 1. The highest BCUT2D eigenvalue weighted by atomic mass is 32.2. The molecule has 21 heavy (non-hydrogen) atoms. The third-order valence-corrected chi connectivity index (χ3v) is 6.13. The average Bonchev–Trinajstić information content (AvgIpc) is 2.70. The lowest BCUT2D eigenvalue weighted by molar-refractivity contribution is -0.153. The van der Waals surface area contributed by atoms with Gasteiger partial charge in [0.1, 0.15) is 0 Å². The van der Waals surface area contributed by atoms with Crippen molar-refractivity contribution in [1.82, 2.24) is 0 Å². The second kappa shape index (κ2) is 5.48. The Hall–Kier alpha value is -1.29. The molecule has 114 valence electrons. The molecule has 4 heteroatoms. The fraction of sp³-hybridized carbons (Fsp3) is 0.529. The van der Waals surface area contributed by atoms with Crippen molar-refractivity contribution in [2.75, 3.05) is 6.26 Å². The van der Waals surface area contributed by atoms with E-state index < -0.39 is 16.8 Å². The smallest absolute Gasteiger partial charge is 0.309 e. The number of rotatable bonds is 4. The van der Waals surface area contributed by atoms with Crippen LogP contribution in [-0.2, 0) is 4.79 Å². The summed E-state index contributed by atoms with van der Waals surface area (Å²) in [7, 11) is 0. The van der Waals surface area contributed by atoms with E-state index in [0.717, 1.165) is 4.90 Å². The third kappa shape index (κ3) is 2.50. The number of thioether (sulfide) groups is 1. The maximum absolute atomic E-state index is 12.8. The molecule has 2 atom stereocenters. The lowest BCUT2D eigenvalue weighted by Gasteiger charge is -2.37. The number of ketones is 1. The summed E-state index contributed by atoms with van der Waals surface area (Å²) in [5.74, 6) is -0.975. The molecule has 0 aromatic heterocycles. The Morgan fingerprint density at radius 1 is 1.19 bits per heavy atom. The first-order valence-corrected chi connectivity index (χ1v) is 8.38. The van der Waals surface area contributed by atoms with Crippen molar-refractivity contribution >= 4 is 23.5 Å². The normalized spacial score (nSPS) is 27.5. The van der Waals surface area contributed by atoms with Gasteiger partial charge in [0.25, 0.3) is 0 Å². The van der Waals surface area contributed by atoms with Gasteiger partial charge >= 0.3 is 5.97 Å². The Morgan fingerprint density at radius 3 is 2.19 bits per heavy atom. The van der Waals surface area contributed by atoms with E-state index in [1.165, 1.54) is 0 Å². The molecule has 0 heterocycles. The van der Waals surface area contributed by atoms with E-state index >= 15 is 0 Å². The van der Waals surface area contributed by atoms with Crippen molar-refractivity contribution in [3.8, 4) is 0 Å². The van der Waals surface area contributed by atoms with Gasteiger partial charge in [0.05, 0.1) is 5.41 Å². The Bertz CT molecular complexity index is 562. The monoisotopic (exact) mass is 306 g/mol. The molecule has 0 aliphatic heterocycles. The average molecular weight is 306 g/mol. The predicted octanol–water partition coefficient (Wildman–Crippen LogP) is 4.12. The maximum Gasteiger partial charge on any atom is 0.309 e. The van der Waals surface area contributed by atoms with Crippen LogP contribution in [0, 0.1) is 16.7 Å². The summed E-state index contributed by atoms with van der Waals surface area (Å²) >= 11 is 1.64. The Balaban J connectivity index is 2.30. The van der Waals surface area contributed by atoms with Gasteiger partial charge < -0.3 is 5.11 Å². The SMILES string of the molecule is CSc1ccc(C(=O)[C@H]2CC[C@@](C)(C(=O)O)C2(C)C)cc1. The van der Waals surface area contributed by atoms with Crippen molar-refractivity contribution in [3.63, 3.8) is 0 Å². The standard InChI is InChI=1S/C17H22O3S/c1-16(2)13(9-10-17(16,3)15(19)20)14(18)11-5-7-12(21-4)8-6-11/h5-8,13H,9-10H2,1-4H3,(H,19,20)/t13-,17+/m1/s1. The lowest BCUT2D eigenvalue weighted by Crippen LogP contribution is -2.42. The maximum atomic E-state index is 12.8. The first kappa shape index (κ1) is 16.1. The topological polar surface area (TPSA) is 54.4 Å². The fourth-order valence-electron chi connectivity index (χ4n) is 3.30. The molecule has 1 N–H and O–H groups in total. The van der Waals surface area contributed by atoms with E-state index in [2.05, 4.69) is 0 Å². The van der Waals surface area contributed by atoms with Crippen LogP contribution in [0.2, 0.25) is 0 Å². The van der Waals surface area contributed by atoms with Crippen LogP contribution in [0.1, 0.15) is 44.0 Å². The summed E-state index contributed by atoms with van der Waals surface area (Å²) in [6.45, 7) is 5.58. The zero-order chi connectivity index (χ0) is 15.8. The quantitative estimate of drug-likeness (QED) is 0.671. The Morgan fingerprint density at radius 2 is 1.76 bits per heavy atom. The molecule has 1 aliphatic carbocycles. The zero-order valence-corrected chi connectivity index (χ0v) is 13.8. The molecule has 2 rings (SSSR count). The van der Waals surface area contributed by atoms with Crippen molar-refractivity contribution in [1.29, 1.82) is 0 Å². The lowest BCUT2D eigenvalue weighted by atomic mass is 9.64. The van der Waals surface area contributed by atoms with Crippen LogP contribution in [0.15, 0.2) is 29.2 Å². The number of hydrogen-bond acceptors (Lipinski definition) is 3. The van der Waals surface area contributed by atoms with Gasteiger partial charge in [0, 0.05) is 16.4 Å². The van der Waals surface area contributed by atoms with Crippen LogP contribution in [0.3, 0.4) is 0 Å². The number of carbonyl (C=O) groups is 2. The van der Waals surface area contributed by atoms with Crippen LogP contribution in [0.4, 0.5) is 0 Å². The largest absolute Gasteiger partial charge is 0.481 e. The fourth-order valence-corrected chi connectivity index (χ4v) is 3.71. The molecule has 1 aliphatic rings. The second-order valence-electron chi connectivity index (χ2n) is 6.54. The number of carbonyl (C=O) groups excluding carboxylic acids is 1. The number of carboxylic acid groups (broad SMARTS) is 1. The molecule has 1 aromatic rings. The van der Waals surface area contributed by atoms with Gasteiger partial charge in [-0.15, -0.1) is 11.8 Å². The zero-order valence-electron chi connectivity index (χ0n) is 13.0. The molecular formula is C17H22O3S. The highest BCUT2D eigenvalue weighted by molar-refractivity contribution is 7.98. The minimum atomic E-state index is -0.841. The van der Waals surface area contributed by atoms with Crippen LogP contribution in [-0.4, -0.2) is 23.1 Å². The van der Waals surface area contributed by atoms with E-state index in [9.17, 15) is 14.7 Å². The van der Waals surface area contributed by atoms with Gasteiger partial charge in [-0.1, -0.05) is 26.0 Å². The Kier molecular flexibility index (Phi) is 4.20. The van der Waals surface area contributed by atoms with E-state index in [-0.39, 0.29) is 11.7 Å². The highest BCUT2D eigenvalue weighted by Gasteiger charge is 2.58. The van der Waals surface area contributed by atoms with Crippen molar-refractivity contribution < 1.29 is 14.7 Å². The number of hydrogen-bond donors (Lipinski definition) is 1. The molecule has 0 radical (unpaired) electrons. The summed E-state index contributed by atoms with van der Waals surface area (Å²) in [5, 5.41) is 9.53. The van der Waals surface area contributed by atoms with E-state index in [1.54, 1.807) is 18.7 Å². The highest BCUT2D eigenvalue weighted by Crippen LogP contribution is 2.56. The summed E-state index contributed by atoms with van der Waals surface area (Å²) in [6.07, 6.45) is 3.18. The van der Waals surface area contributed by atoms with Crippen molar-refractivity contribution in [2.24, 2.45) is 16.7 Å². The van der Waals surface area contributed by atoms with Gasteiger partial charge in [-0.3, -0.25) is 9.59 Å². The van der Waals surface area contributed by atoms with E-state index in [1.807, 2.05) is 44.4 Å². The van der Waals surface area contributed by atoms with Crippen molar-refractivity contribution in [2.45, 2.75) is 38.5 Å². The van der Waals surface area contributed by atoms with Crippen LogP contribution in [0.25, 0.3) is 0 Å². The summed E-state index contributed by atoms with van der Waals surface area (Å²) in [6, 6.07) is 7.58. The predicted molar refractivity (Wildman–Crippen MR) is 84.8 cm³/mol. The molecule has 1 fully saturated rings. The van der Waals surface area contributed by atoms with Gasteiger partial charge in [-0.2, -0.15) is 0 Å².